The number of hydrogen-bond acceptors (Lipinski definition) is 5. The Kier molecular flexibility index (Phi) is 4.82. The molecule has 1 aromatic heterocycles. The van der Waals surface area contributed by atoms with Gasteiger partial charge in [0, 0.05) is 25.8 Å². The van der Waals surface area contributed by atoms with Gasteiger partial charge >= 0.3 is 5.97 Å². The third kappa shape index (κ3) is 3.34. The molecule has 2 N–H and O–H groups in total. The van der Waals surface area contributed by atoms with Crippen molar-refractivity contribution in [1.29, 1.82) is 0 Å². The van der Waals surface area contributed by atoms with Crippen LogP contribution in [0.2, 0.25) is 0 Å². The molecule has 2 heterocycles. The number of aryl methyl sites for hydroxylation is 1. The van der Waals surface area contributed by atoms with Gasteiger partial charge in [0.15, 0.2) is 5.69 Å². The number of carbonyl (C=O) groups excluding carboxylic acids is 2. The average molecular weight is 294 g/mol. The van der Waals surface area contributed by atoms with Crippen LogP contribution in [0.3, 0.4) is 0 Å². The van der Waals surface area contributed by atoms with E-state index in [0.717, 1.165) is 12.8 Å². The zero-order valence-corrected chi connectivity index (χ0v) is 12.5. The minimum absolute atomic E-state index is 0.214. The highest BCUT2D eigenvalue weighted by molar-refractivity contribution is 5.97. The first-order valence-electron chi connectivity index (χ1n) is 7.35. The van der Waals surface area contributed by atoms with E-state index in [9.17, 15) is 9.59 Å². The predicted molar refractivity (Wildman–Crippen MR) is 77.6 cm³/mol. The van der Waals surface area contributed by atoms with Gasteiger partial charge in [0.05, 0.1) is 18.2 Å². The van der Waals surface area contributed by atoms with Crippen LogP contribution in [0.4, 0.5) is 5.69 Å². The number of amides is 1. The number of ether oxygens (including phenoxy) is 1. The second-order valence-corrected chi connectivity index (χ2v) is 5.13. The topological polar surface area (TPSA) is 90.5 Å². The minimum atomic E-state index is -0.253. The largest absolute Gasteiger partial charge is 0.466 e. The fourth-order valence-electron chi connectivity index (χ4n) is 2.53. The van der Waals surface area contributed by atoms with Crippen LogP contribution in [-0.4, -0.2) is 46.3 Å². The van der Waals surface area contributed by atoms with Crippen molar-refractivity contribution in [1.82, 2.24) is 14.7 Å². The van der Waals surface area contributed by atoms with Crippen molar-refractivity contribution in [2.45, 2.75) is 33.2 Å². The predicted octanol–water partition coefficient (Wildman–Crippen LogP) is 0.900. The molecule has 7 heteroatoms. The van der Waals surface area contributed by atoms with Gasteiger partial charge in [0.25, 0.3) is 5.91 Å². The fourth-order valence-corrected chi connectivity index (χ4v) is 2.53. The van der Waals surface area contributed by atoms with Crippen LogP contribution in [0.15, 0.2) is 6.20 Å². The molecule has 1 aliphatic heterocycles. The number of carbonyl (C=O) groups is 2. The van der Waals surface area contributed by atoms with Crippen molar-refractivity contribution in [3.05, 3.63) is 11.9 Å². The summed E-state index contributed by atoms with van der Waals surface area (Å²) in [5.41, 5.74) is 6.48. The molecule has 1 aromatic rings. The van der Waals surface area contributed by atoms with E-state index >= 15 is 0 Å². The van der Waals surface area contributed by atoms with Gasteiger partial charge < -0.3 is 15.4 Å². The number of aromatic nitrogens is 2. The summed E-state index contributed by atoms with van der Waals surface area (Å²) >= 11 is 0. The maximum atomic E-state index is 12.5. The molecule has 2 rings (SSSR count). The first-order chi connectivity index (χ1) is 10.1. The number of nitrogen functional groups attached to an aromatic ring is 1. The Labute approximate surface area is 124 Å². The molecule has 0 bridgehead atoms. The first-order valence-corrected chi connectivity index (χ1v) is 7.35. The number of nitrogens with zero attached hydrogens (tertiary/aromatic N) is 3. The van der Waals surface area contributed by atoms with E-state index in [2.05, 4.69) is 5.10 Å². The summed E-state index contributed by atoms with van der Waals surface area (Å²) in [5, 5.41) is 4.19. The molecular formula is C14H22N4O3. The second-order valence-electron chi connectivity index (χ2n) is 5.13. The molecule has 0 spiro atoms. The summed E-state index contributed by atoms with van der Waals surface area (Å²) in [7, 11) is 0. The summed E-state index contributed by atoms with van der Waals surface area (Å²) < 4.78 is 6.67. The Hall–Kier alpha value is -2.05. The van der Waals surface area contributed by atoms with E-state index in [0.29, 0.717) is 31.9 Å². The van der Waals surface area contributed by atoms with Crippen molar-refractivity contribution in [3.63, 3.8) is 0 Å². The van der Waals surface area contributed by atoms with Crippen LogP contribution >= 0.6 is 0 Å². The Morgan fingerprint density at radius 1 is 1.48 bits per heavy atom. The lowest BCUT2D eigenvalue weighted by molar-refractivity contribution is -0.149. The van der Waals surface area contributed by atoms with E-state index in [1.54, 1.807) is 22.7 Å². The highest BCUT2D eigenvalue weighted by Gasteiger charge is 2.31. The summed E-state index contributed by atoms with van der Waals surface area (Å²) in [4.78, 5) is 26.0. The lowest BCUT2D eigenvalue weighted by atomic mass is 9.98. The van der Waals surface area contributed by atoms with Gasteiger partial charge in [-0.25, -0.2) is 0 Å². The maximum Gasteiger partial charge on any atom is 0.310 e. The quantitative estimate of drug-likeness (QED) is 0.833. The lowest BCUT2D eigenvalue weighted by Crippen LogP contribution is -2.43. The monoisotopic (exact) mass is 294 g/mol. The smallest absolute Gasteiger partial charge is 0.310 e. The van der Waals surface area contributed by atoms with Crippen molar-refractivity contribution >= 4 is 17.6 Å². The molecule has 1 unspecified atom stereocenters. The van der Waals surface area contributed by atoms with Crippen LogP contribution in [0.25, 0.3) is 0 Å². The molecule has 1 aliphatic rings. The number of anilines is 1. The highest BCUT2D eigenvalue weighted by Crippen LogP contribution is 2.21. The van der Waals surface area contributed by atoms with E-state index in [-0.39, 0.29) is 23.5 Å². The van der Waals surface area contributed by atoms with Gasteiger partial charge in [-0.2, -0.15) is 5.10 Å². The molecule has 1 amide bonds. The molecular weight excluding hydrogens is 272 g/mol. The number of esters is 1. The van der Waals surface area contributed by atoms with E-state index < -0.39 is 0 Å². The Morgan fingerprint density at radius 3 is 2.86 bits per heavy atom. The summed E-state index contributed by atoms with van der Waals surface area (Å²) in [6, 6.07) is 0. The normalized spacial score (nSPS) is 18.6. The Bertz CT molecular complexity index is 526. The van der Waals surface area contributed by atoms with Crippen LogP contribution in [0, 0.1) is 5.92 Å². The van der Waals surface area contributed by atoms with Gasteiger partial charge in [-0.05, 0) is 26.7 Å². The van der Waals surface area contributed by atoms with E-state index in [1.165, 1.54) is 0 Å². The molecule has 116 valence electrons. The number of piperidine rings is 1. The minimum Gasteiger partial charge on any atom is -0.466 e. The van der Waals surface area contributed by atoms with Gasteiger partial charge in [0.1, 0.15) is 0 Å². The molecule has 1 atom stereocenters. The van der Waals surface area contributed by atoms with Crippen LogP contribution in [0.5, 0.6) is 0 Å². The third-order valence-corrected chi connectivity index (χ3v) is 3.65. The first kappa shape index (κ1) is 15.3. The molecule has 0 radical (unpaired) electrons. The van der Waals surface area contributed by atoms with Gasteiger partial charge in [-0.15, -0.1) is 0 Å². The number of likely N-dealkylation sites (tertiary alicyclic amines) is 1. The van der Waals surface area contributed by atoms with Gasteiger partial charge in [-0.1, -0.05) is 0 Å². The standard InChI is InChI=1S/C14H22N4O3/c1-3-18-9-11(15)12(16-18)13(19)17-7-5-6-10(8-17)14(20)21-4-2/h9-10H,3-8,15H2,1-2H3. The van der Waals surface area contributed by atoms with Crippen molar-refractivity contribution < 1.29 is 14.3 Å². The highest BCUT2D eigenvalue weighted by atomic mass is 16.5. The van der Waals surface area contributed by atoms with Crippen LogP contribution in [0.1, 0.15) is 37.2 Å². The zero-order valence-electron chi connectivity index (χ0n) is 12.5. The second kappa shape index (κ2) is 6.60. The van der Waals surface area contributed by atoms with Gasteiger partial charge in [-0.3, -0.25) is 14.3 Å². The number of hydrogen-bond donors (Lipinski definition) is 1. The van der Waals surface area contributed by atoms with Crippen molar-refractivity contribution in [3.8, 4) is 0 Å². The molecule has 0 saturated carbocycles. The zero-order chi connectivity index (χ0) is 15.4. The summed E-state index contributed by atoms with van der Waals surface area (Å²) in [6.45, 7) is 5.71. The van der Waals surface area contributed by atoms with Gasteiger partial charge in [0.2, 0.25) is 0 Å². The molecule has 21 heavy (non-hydrogen) atoms. The Morgan fingerprint density at radius 2 is 2.24 bits per heavy atom. The van der Waals surface area contributed by atoms with Crippen LogP contribution in [-0.2, 0) is 16.1 Å². The van der Waals surface area contributed by atoms with E-state index in [1.807, 2.05) is 6.92 Å². The van der Waals surface area contributed by atoms with Crippen LogP contribution < -0.4 is 5.73 Å². The molecule has 0 aromatic carbocycles. The average Bonchev–Trinajstić information content (AvgIpc) is 2.88. The Balaban J connectivity index is 2.08. The summed E-state index contributed by atoms with van der Waals surface area (Å²) in [6.07, 6.45) is 3.19. The summed E-state index contributed by atoms with van der Waals surface area (Å²) in [5.74, 6) is -0.701. The maximum absolute atomic E-state index is 12.5. The SMILES string of the molecule is CCOC(=O)C1CCCN(C(=O)c2nn(CC)cc2N)C1. The molecule has 1 saturated heterocycles. The fraction of sp³-hybridized carbons (Fsp3) is 0.643. The van der Waals surface area contributed by atoms with Crippen molar-refractivity contribution in [2.75, 3.05) is 25.4 Å². The van der Waals surface area contributed by atoms with Crippen molar-refractivity contribution in [2.24, 2.45) is 5.92 Å². The molecule has 0 aliphatic carbocycles. The number of nitrogens with two attached hydrogens (primary N) is 1. The number of rotatable bonds is 4. The third-order valence-electron chi connectivity index (χ3n) is 3.65. The lowest BCUT2D eigenvalue weighted by Gasteiger charge is -2.31. The molecule has 7 nitrogen and oxygen atoms in total. The van der Waals surface area contributed by atoms with E-state index in [4.69, 9.17) is 10.5 Å². The molecule has 1 fully saturated rings.